The number of anilines is 1. The molecule has 1 aliphatic rings. The molecule has 37 heavy (non-hydrogen) atoms. The van der Waals surface area contributed by atoms with E-state index in [0.717, 1.165) is 37.8 Å². The van der Waals surface area contributed by atoms with Gasteiger partial charge in [-0.05, 0) is 90.3 Å². The number of aryl methyl sites for hydroxylation is 2. The van der Waals surface area contributed by atoms with Gasteiger partial charge in [-0.2, -0.15) is 0 Å². The quantitative estimate of drug-likeness (QED) is 0.313. The molecular formula is C28H25BrN2O5S. The van der Waals surface area contributed by atoms with Crippen LogP contribution in [0.2, 0.25) is 0 Å². The SMILES string of the molecule is COc1cc(/C=C2\SC(=O)N(CC(=O)Nc3ccc(C)c(C)c3)C2=O)ccc1OCc1ccc(Br)cc1. The summed E-state index contributed by atoms with van der Waals surface area (Å²) in [6.07, 6.45) is 1.60. The number of nitrogens with one attached hydrogen (secondary N) is 1. The van der Waals surface area contributed by atoms with Crippen LogP contribution in [0.15, 0.2) is 70.0 Å². The molecule has 0 radical (unpaired) electrons. The Bertz CT molecular complexity index is 1390. The van der Waals surface area contributed by atoms with Crippen molar-refractivity contribution in [3.05, 3.63) is 92.3 Å². The Balaban J connectivity index is 1.42. The maximum Gasteiger partial charge on any atom is 0.294 e. The summed E-state index contributed by atoms with van der Waals surface area (Å²) in [5.41, 5.74) is 4.43. The monoisotopic (exact) mass is 580 g/mol. The Labute approximate surface area is 228 Å². The van der Waals surface area contributed by atoms with Crippen LogP contribution in [-0.4, -0.2) is 35.6 Å². The highest BCUT2D eigenvalue weighted by atomic mass is 79.9. The van der Waals surface area contributed by atoms with Gasteiger partial charge >= 0.3 is 0 Å². The Hall–Kier alpha value is -3.56. The van der Waals surface area contributed by atoms with Crippen molar-refractivity contribution in [1.29, 1.82) is 0 Å². The van der Waals surface area contributed by atoms with Gasteiger partial charge in [-0.3, -0.25) is 19.3 Å². The standard InChI is InChI=1S/C28H25BrN2O5S/c1-17-4-10-22(12-18(17)2)30-26(32)15-31-27(33)25(37-28(31)34)14-20-7-11-23(24(13-20)35-3)36-16-19-5-8-21(29)9-6-19/h4-14H,15-16H2,1-3H3,(H,30,32)/b25-14-. The van der Waals surface area contributed by atoms with Gasteiger partial charge in [-0.25, -0.2) is 0 Å². The molecular weight excluding hydrogens is 556 g/mol. The van der Waals surface area contributed by atoms with Gasteiger partial charge in [0, 0.05) is 10.2 Å². The fourth-order valence-corrected chi connectivity index (χ4v) is 4.69. The number of nitrogens with zero attached hydrogens (tertiary/aromatic N) is 1. The average molecular weight is 581 g/mol. The molecule has 0 unspecified atom stereocenters. The third-order valence-electron chi connectivity index (χ3n) is 5.76. The van der Waals surface area contributed by atoms with E-state index < -0.39 is 17.1 Å². The molecule has 1 heterocycles. The molecule has 9 heteroatoms. The summed E-state index contributed by atoms with van der Waals surface area (Å²) in [4.78, 5) is 39.1. The molecule has 3 aromatic rings. The van der Waals surface area contributed by atoms with Crippen LogP contribution in [0, 0.1) is 13.8 Å². The van der Waals surface area contributed by atoms with Crippen LogP contribution in [-0.2, 0) is 16.2 Å². The molecule has 1 saturated heterocycles. The van der Waals surface area contributed by atoms with Crippen LogP contribution in [0.5, 0.6) is 11.5 Å². The Morgan fingerprint density at radius 3 is 2.46 bits per heavy atom. The van der Waals surface area contributed by atoms with E-state index in [-0.39, 0.29) is 11.4 Å². The number of hydrogen-bond donors (Lipinski definition) is 1. The second-order valence-corrected chi connectivity index (χ2v) is 10.3. The first kappa shape index (κ1) is 26.5. The summed E-state index contributed by atoms with van der Waals surface area (Å²) in [6.45, 7) is 3.93. The molecule has 0 bridgehead atoms. The third-order valence-corrected chi connectivity index (χ3v) is 7.20. The van der Waals surface area contributed by atoms with Crippen LogP contribution < -0.4 is 14.8 Å². The second kappa shape index (κ2) is 11.7. The van der Waals surface area contributed by atoms with Gasteiger partial charge < -0.3 is 14.8 Å². The van der Waals surface area contributed by atoms with Gasteiger partial charge in [-0.1, -0.05) is 40.2 Å². The average Bonchev–Trinajstić information content (AvgIpc) is 3.13. The number of thioether (sulfide) groups is 1. The minimum absolute atomic E-state index is 0.231. The fraction of sp³-hybridized carbons (Fsp3) is 0.179. The van der Waals surface area contributed by atoms with Crippen molar-refractivity contribution in [2.24, 2.45) is 0 Å². The van der Waals surface area contributed by atoms with E-state index in [9.17, 15) is 14.4 Å². The first-order chi connectivity index (χ1) is 17.7. The number of rotatable bonds is 8. The van der Waals surface area contributed by atoms with E-state index in [4.69, 9.17) is 9.47 Å². The minimum Gasteiger partial charge on any atom is -0.493 e. The van der Waals surface area contributed by atoms with Crippen molar-refractivity contribution >= 4 is 56.5 Å². The van der Waals surface area contributed by atoms with E-state index in [1.807, 2.05) is 50.2 Å². The summed E-state index contributed by atoms with van der Waals surface area (Å²) in [5.74, 6) is 0.0945. The molecule has 0 spiro atoms. The number of imide groups is 1. The largest absolute Gasteiger partial charge is 0.493 e. The van der Waals surface area contributed by atoms with Crippen molar-refractivity contribution in [3.8, 4) is 11.5 Å². The van der Waals surface area contributed by atoms with Gasteiger partial charge in [0.1, 0.15) is 13.2 Å². The molecule has 3 amide bonds. The number of carbonyl (C=O) groups is 3. The van der Waals surface area contributed by atoms with Gasteiger partial charge in [-0.15, -0.1) is 0 Å². The normalized spacial score (nSPS) is 14.3. The summed E-state index contributed by atoms with van der Waals surface area (Å²) in [6, 6.07) is 18.6. The molecule has 1 N–H and O–H groups in total. The molecule has 0 aromatic heterocycles. The van der Waals surface area contributed by atoms with Crippen molar-refractivity contribution in [2.75, 3.05) is 19.0 Å². The smallest absolute Gasteiger partial charge is 0.294 e. The van der Waals surface area contributed by atoms with E-state index in [0.29, 0.717) is 29.4 Å². The number of hydrogen-bond acceptors (Lipinski definition) is 6. The van der Waals surface area contributed by atoms with E-state index in [1.165, 1.54) is 7.11 Å². The predicted octanol–water partition coefficient (Wildman–Crippen LogP) is 6.33. The number of benzene rings is 3. The zero-order chi connectivity index (χ0) is 26.5. The molecule has 3 aromatic carbocycles. The van der Waals surface area contributed by atoms with Crippen LogP contribution in [0.1, 0.15) is 22.3 Å². The van der Waals surface area contributed by atoms with E-state index >= 15 is 0 Å². The Morgan fingerprint density at radius 1 is 1.00 bits per heavy atom. The van der Waals surface area contributed by atoms with Crippen molar-refractivity contribution in [1.82, 2.24) is 4.90 Å². The Kier molecular flexibility index (Phi) is 8.35. The second-order valence-electron chi connectivity index (χ2n) is 8.44. The molecule has 1 aliphatic heterocycles. The maximum atomic E-state index is 12.9. The first-order valence-corrected chi connectivity index (χ1v) is 13.0. The topological polar surface area (TPSA) is 84.9 Å². The Morgan fingerprint density at radius 2 is 1.76 bits per heavy atom. The highest BCUT2D eigenvalue weighted by Gasteiger charge is 2.36. The zero-order valence-corrected chi connectivity index (χ0v) is 22.9. The summed E-state index contributed by atoms with van der Waals surface area (Å²) < 4.78 is 12.4. The zero-order valence-electron chi connectivity index (χ0n) is 20.5. The number of halogens is 1. The van der Waals surface area contributed by atoms with Gasteiger partial charge in [0.25, 0.3) is 11.1 Å². The van der Waals surface area contributed by atoms with Crippen LogP contribution in [0.4, 0.5) is 10.5 Å². The van der Waals surface area contributed by atoms with E-state index in [1.54, 1.807) is 30.3 Å². The minimum atomic E-state index is -0.514. The molecule has 0 aliphatic carbocycles. The molecule has 0 saturated carbocycles. The number of methoxy groups -OCH3 is 1. The van der Waals surface area contributed by atoms with Crippen LogP contribution in [0.25, 0.3) is 6.08 Å². The summed E-state index contributed by atoms with van der Waals surface area (Å²) >= 11 is 4.21. The van der Waals surface area contributed by atoms with E-state index in [2.05, 4.69) is 21.2 Å². The molecule has 1 fully saturated rings. The molecule has 7 nitrogen and oxygen atoms in total. The lowest BCUT2D eigenvalue weighted by atomic mass is 10.1. The molecule has 0 atom stereocenters. The van der Waals surface area contributed by atoms with Crippen molar-refractivity contribution in [2.45, 2.75) is 20.5 Å². The van der Waals surface area contributed by atoms with Crippen LogP contribution >= 0.6 is 27.7 Å². The van der Waals surface area contributed by atoms with Gasteiger partial charge in [0.05, 0.1) is 12.0 Å². The fourth-order valence-electron chi connectivity index (χ4n) is 3.59. The number of ether oxygens (including phenoxy) is 2. The predicted molar refractivity (Wildman–Crippen MR) is 149 cm³/mol. The van der Waals surface area contributed by atoms with Crippen molar-refractivity contribution in [3.63, 3.8) is 0 Å². The maximum absolute atomic E-state index is 12.9. The molecule has 190 valence electrons. The number of amides is 3. The summed E-state index contributed by atoms with van der Waals surface area (Å²) in [7, 11) is 1.54. The van der Waals surface area contributed by atoms with Gasteiger partial charge in [0.2, 0.25) is 5.91 Å². The van der Waals surface area contributed by atoms with Gasteiger partial charge in [0.15, 0.2) is 11.5 Å². The van der Waals surface area contributed by atoms with Crippen molar-refractivity contribution < 1.29 is 23.9 Å². The highest BCUT2D eigenvalue weighted by molar-refractivity contribution is 9.10. The first-order valence-electron chi connectivity index (χ1n) is 11.4. The highest BCUT2D eigenvalue weighted by Crippen LogP contribution is 2.35. The third kappa shape index (κ3) is 6.61. The van der Waals surface area contributed by atoms with Crippen LogP contribution in [0.3, 0.4) is 0 Å². The lowest BCUT2D eigenvalue weighted by Gasteiger charge is -2.13. The number of carbonyl (C=O) groups excluding carboxylic acids is 3. The lowest BCUT2D eigenvalue weighted by molar-refractivity contribution is -0.127. The lowest BCUT2D eigenvalue weighted by Crippen LogP contribution is -2.36. The summed E-state index contributed by atoms with van der Waals surface area (Å²) in [5, 5.41) is 2.25. The molecule has 4 rings (SSSR count).